The zero-order valence-corrected chi connectivity index (χ0v) is 9.43. The van der Waals surface area contributed by atoms with Crippen LogP contribution in [0.5, 0.6) is 11.5 Å². The molecular formula is C14H10FNO2. The lowest BCUT2D eigenvalue weighted by molar-refractivity contribution is 0.303. The first-order valence-electron chi connectivity index (χ1n) is 5.30. The van der Waals surface area contributed by atoms with Crippen LogP contribution in [0.15, 0.2) is 42.5 Å². The van der Waals surface area contributed by atoms with E-state index in [0.29, 0.717) is 0 Å². The van der Waals surface area contributed by atoms with E-state index in [0.717, 1.165) is 5.56 Å². The highest BCUT2D eigenvalue weighted by molar-refractivity contribution is 5.44. The van der Waals surface area contributed by atoms with Gasteiger partial charge in [-0.25, -0.2) is 4.39 Å². The van der Waals surface area contributed by atoms with E-state index in [1.54, 1.807) is 30.3 Å². The van der Waals surface area contributed by atoms with Gasteiger partial charge in [0.1, 0.15) is 35.6 Å². The Hall–Kier alpha value is -2.54. The molecule has 2 aromatic carbocycles. The van der Waals surface area contributed by atoms with Gasteiger partial charge in [-0.1, -0.05) is 18.2 Å². The molecule has 0 aliphatic heterocycles. The van der Waals surface area contributed by atoms with Gasteiger partial charge in [0.15, 0.2) is 0 Å². The molecule has 0 aromatic heterocycles. The lowest BCUT2D eigenvalue weighted by Crippen LogP contribution is -1.98. The van der Waals surface area contributed by atoms with E-state index in [4.69, 9.17) is 10.00 Å². The molecular weight excluding hydrogens is 233 g/mol. The van der Waals surface area contributed by atoms with Crippen LogP contribution in [-0.4, -0.2) is 5.11 Å². The fraction of sp³-hybridized carbons (Fsp3) is 0.0714. The molecule has 0 aliphatic rings. The largest absolute Gasteiger partial charge is 0.508 e. The maximum Gasteiger partial charge on any atom is 0.144 e. The van der Waals surface area contributed by atoms with Crippen molar-refractivity contribution in [2.45, 2.75) is 6.61 Å². The van der Waals surface area contributed by atoms with Crippen LogP contribution >= 0.6 is 0 Å². The van der Waals surface area contributed by atoms with Crippen LogP contribution in [0.1, 0.15) is 11.1 Å². The quantitative estimate of drug-likeness (QED) is 0.901. The maximum absolute atomic E-state index is 13.3. The number of rotatable bonds is 3. The molecule has 0 saturated heterocycles. The standard InChI is InChI=1S/C14H10FNO2/c15-13-5-2-6-14(12(13)8-16)18-9-10-3-1-4-11(17)7-10/h1-7,17H,9H2. The predicted octanol–water partition coefficient (Wildman–Crippen LogP) is 2.98. The van der Waals surface area contributed by atoms with Crippen molar-refractivity contribution in [1.29, 1.82) is 5.26 Å². The molecule has 90 valence electrons. The minimum atomic E-state index is -0.606. The molecule has 3 nitrogen and oxygen atoms in total. The summed E-state index contributed by atoms with van der Waals surface area (Å²) in [7, 11) is 0. The van der Waals surface area contributed by atoms with E-state index >= 15 is 0 Å². The number of ether oxygens (including phenoxy) is 1. The van der Waals surface area contributed by atoms with Gasteiger partial charge in [0.25, 0.3) is 0 Å². The first kappa shape index (κ1) is 11.9. The molecule has 0 atom stereocenters. The highest BCUT2D eigenvalue weighted by atomic mass is 19.1. The summed E-state index contributed by atoms with van der Waals surface area (Å²) < 4.78 is 18.7. The fourth-order valence-electron chi connectivity index (χ4n) is 1.54. The van der Waals surface area contributed by atoms with Crippen molar-refractivity contribution in [3.8, 4) is 17.6 Å². The molecule has 2 rings (SSSR count). The summed E-state index contributed by atoms with van der Waals surface area (Å²) >= 11 is 0. The third kappa shape index (κ3) is 2.58. The van der Waals surface area contributed by atoms with Crippen LogP contribution in [-0.2, 0) is 6.61 Å². The average molecular weight is 243 g/mol. The van der Waals surface area contributed by atoms with Crippen molar-refractivity contribution in [1.82, 2.24) is 0 Å². The van der Waals surface area contributed by atoms with Crippen molar-refractivity contribution in [3.05, 3.63) is 59.4 Å². The number of aromatic hydroxyl groups is 1. The molecule has 0 fully saturated rings. The molecule has 0 saturated carbocycles. The molecule has 1 N–H and O–H groups in total. The Morgan fingerprint density at radius 2 is 2.00 bits per heavy atom. The van der Waals surface area contributed by atoms with Crippen LogP contribution in [0.2, 0.25) is 0 Å². The van der Waals surface area contributed by atoms with Crippen LogP contribution in [0, 0.1) is 17.1 Å². The summed E-state index contributed by atoms with van der Waals surface area (Å²) in [6, 6.07) is 12.5. The Kier molecular flexibility index (Phi) is 3.44. The van der Waals surface area contributed by atoms with Gasteiger partial charge < -0.3 is 9.84 Å². The molecule has 0 radical (unpaired) electrons. The lowest BCUT2D eigenvalue weighted by atomic mass is 10.2. The predicted molar refractivity (Wildman–Crippen MR) is 63.6 cm³/mol. The van der Waals surface area contributed by atoms with E-state index in [1.807, 2.05) is 0 Å². The number of hydrogen-bond donors (Lipinski definition) is 1. The SMILES string of the molecule is N#Cc1c(F)cccc1OCc1cccc(O)c1. The number of benzene rings is 2. The number of phenols is 1. The zero-order valence-electron chi connectivity index (χ0n) is 9.43. The van der Waals surface area contributed by atoms with Crippen LogP contribution < -0.4 is 4.74 Å². The summed E-state index contributed by atoms with van der Waals surface area (Å²) in [5.41, 5.74) is 0.626. The Bertz CT molecular complexity index is 605. The zero-order chi connectivity index (χ0) is 13.0. The third-order valence-electron chi connectivity index (χ3n) is 2.39. The summed E-state index contributed by atoms with van der Waals surface area (Å²) in [5.74, 6) is -0.275. The second-order valence-electron chi connectivity index (χ2n) is 3.68. The van der Waals surface area contributed by atoms with Gasteiger partial charge in [-0.15, -0.1) is 0 Å². The van der Waals surface area contributed by atoms with E-state index in [-0.39, 0.29) is 23.7 Å². The Morgan fingerprint density at radius 1 is 1.22 bits per heavy atom. The first-order valence-corrected chi connectivity index (χ1v) is 5.30. The second-order valence-corrected chi connectivity index (χ2v) is 3.68. The van der Waals surface area contributed by atoms with Crippen molar-refractivity contribution in [3.63, 3.8) is 0 Å². The molecule has 0 bridgehead atoms. The topological polar surface area (TPSA) is 53.2 Å². The number of nitriles is 1. The van der Waals surface area contributed by atoms with E-state index in [2.05, 4.69) is 0 Å². The van der Waals surface area contributed by atoms with Crippen molar-refractivity contribution >= 4 is 0 Å². The number of nitrogens with zero attached hydrogens (tertiary/aromatic N) is 1. The summed E-state index contributed by atoms with van der Waals surface area (Å²) in [4.78, 5) is 0. The summed E-state index contributed by atoms with van der Waals surface area (Å²) in [5, 5.41) is 18.1. The van der Waals surface area contributed by atoms with Crippen LogP contribution in [0.3, 0.4) is 0 Å². The smallest absolute Gasteiger partial charge is 0.144 e. The normalized spacial score (nSPS) is 9.78. The molecule has 0 heterocycles. The molecule has 18 heavy (non-hydrogen) atoms. The molecule has 4 heteroatoms. The van der Waals surface area contributed by atoms with E-state index < -0.39 is 5.82 Å². The highest BCUT2D eigenvalue weighted by Crippen LogP contribution is 2.22. The molecule has 2 aromatic rings. The second kappa shape index (κ2) is 5.19. The van der Waals surface area contributed by atoms with Crippen molar-refractivity contribution in [2.24, 2.45) is 0 Å². The van der Waals surface area contributed by atoms with Crippen molar-refractivity contribution in [2.75, 3.05) is 0 Å². The number of phenolic OH excluding ortho intramolecular Hbond substituents is 1. The molecule has 0 unspecified atom stereocenters. The van der Waals surface area contributed by atoms with Crippen LogP contribution in [0.4, 0.5) is 4.39 Å². The fourth-order valence-corrected chi connectivity index (χ4v) is 1.54. The number of halogens is 1. The maximum atomic E-state index is 13.3. The van der Waals surface area contributed by atoms with Gasteiger partial charge in [0.05, 0.1) is 0 Å². The Morgan fingerprint density at radius 3 is 2.72 bits per heavy atom. The van der Waals surface area contributed by atoms with E-state index in [9.17, 15) is 9.50 Å². The van der Waals surface area contributed by atoms with Gasteiger partial charge in [0.2, 0.25) is 0 Å². The highest BCUT2D eigenvalue weighted by Gasteiger charge is 2.08. The van der Waals surface area contributed by atoms with Gasteiger partial charge in [0, 0.05) is 0 Å². The molecule has 0 aliphatic carbocycles. The number of hydrogen-bond acceptors (Lipinski definition) is 3. The Balaban J connectivity index is 2.16. The molecule has 0 amide bonds. The lowest BCUT2D eigenvalue weighted by Gasteiger charge is -2.08. The minimum absolute atomic E-state index is 0.113. The minimum Gasteiger partial charge on any atom is -0.508 e. The van der Waals surface area contributed by atoms with E-state index in [1.165, 1.54) is 18.2 Å². The van der Waals surface area contributed by atoms with Gasteiger partial charge in [-0.3, -0.25) is 0 Å². The monoisotopic (exact) mass is 243 g/mol. The van der Waals surface area contributed by atoms with Gasteiger partial charge in [-0.05, 0) is 29.8 Å². The Labute approximate surface area is 104 Å². The summed E-state index contributed by atoms with van der Waals surface area (Å²) in [6.45, 7) is 0.159. The van der Waals surface area contributed by atoms with Gasteiger partial charge in [-0.2, -0.15) is 5.26 Å². The summed E-state index contributed by atoms with van der Waals surface area (Å²) in [6.07, 6.45) is 0. The average Bonchev–Trinajstić information content (AvgIpc) is 2.36. The third-order valence-corrected chi connectivity index (χ3v) is 2.39. The molecule has 0 spiro atoms. The first-order chi connectivity index (χ1) is 8.70. The van der Waals surface area contributed by atoms with Crippen molar-refractivity contribution < 1.29 is 14.2 Å². The van der Waals surface area contributed by atoms with Gasteiger partial charge >= 0.3 is 0 Å². The van der Waals surface area contributed by atoms with Crippen LogP contribution in [0.25, 0.3) is 0 Å².